The zero-order valence-electron chi connectivity index (χ0n) is 13.9. The van der Waals surface area contributed by atoms with Crippen LogP contribution in [-0.4, -0.2) is 10.9 Å². The van der Waals surface area contributed by atoms with Crippen molar-refractivity contribution in [3.05, 3.63) is 45.4 Å². The average molecular weight is 430 g/mol. The van der Waals surface area contributed by atoms with Gasteiger partial charge in [-0.3, -0.25) is 4.79 Å². The molecule has 0 aliphatic carbocycles. The molecular formula is C16H20Cl2F3N3OS. The Balaban J connectivity index is 0.00000312. The molecule has 146 valence electrons. The molecular weight excluding hydrogens is 410 g/mol. The van der Waals surface area contributed by atoms with Gasteiger partial charge in [0.2, 0.25) is 5.91 Å². The molecule has 0 radical (unpaired) electrons. The number of halogens is 5. The molecule has 1 amide bonds. The fourth-order valence-corrected chi connectivity index (χ4v) is 2.87. The van der Waals surface area contributed by atoms with E-state index >= 15 is 0 Å². The van der Waals surface area contributed by atoms with Gasteiger partial charge >= 0.3 is 6.18 Å². The van der Waals surface area contributed by atoms with E-state index in [-0.39, 0.29) is 49.4 Å². The molecule has 26 heavy (non-hydrogen) atoms. The van der Waals surface area contributed by atoms with E-state index in [2.05, 4.69) is 10.3 Å². The minimum Gasteiger partial charge on any atom is -0.326 e. The summed E-state index contributed by atoms with van der Waals surface area (Å²) < 4.78 is 38.6. The molecule has 3 N–H and O–H groups in total. The summed E-state index contributed by atoms with van der Waals surface area (Å²) in [6, 6.07) is 3.36. The number of rotatable bonds is 6. The van der Waals surface area contributed by atoms with Crippen molar-refractivity contribution in [1.82, 2.24) is 4.98 Å². The summed E-state index contributed by atoms with van der Waals surface area (Å²) in [5.74, 6) is -0.329. The zero-order chi connectivity index (χ0) is 17.7. The van der Waals surface area contributed by atoms with Crippen molar-refractivity contribution in [2.24, 2.45) is 5.73 Å². The lowest BCUT2D eigenvalue weighted by Crippen LogP contribution is -2.14. The lowest BCUT2D eigenvalue weighted by Gasteiger charge is -2.12. The van der Waals surface area contributed by atoms with Crippen LogP contribution in [0.4, 0.5) is 18.9 Å². The summed E-state index contributed by atoms with van der Waals surface area (Å²) in [5.41, 5.74) is 5.96. The van der Waals surface area contributed by atoms with Crippen molar-refractivity contribution in [1.29, 1.82) is 0 Å². The van der Waals surface area contributed by atoms with Gasteiger partial charge in [0.25, 0.3) is 0 Å². The normalized spacial score (nSPS) is 10.7. The van der Waals surface area contributed by atoms with E-state index in [1.54, 1.807) is 11.3 Å². The molecule has 0 saturated carbocycles. The highest BCUT2D eigenvalue weighted by atomic mass is 35.5. The van der Waals surface area contributed by atoms with Gasteiger partial charge in [0.1, 0.15) is 0 Å². The molecule has 1 aromatic heterocycles. The van der Waals surface area contributed by atoms with Crippen molar-refractivity contribution in [2.45, 2.75) is 38.9 Å². The van der Waals surface area contributed by atoms with Gasteiger partial charge in [0, 0.05) is 24.0 Å². The van der Waals surface area contributed by atoms with Gasteiger partial charge in [0.15, 0.2) is 0 Å². The Morgan fingerprint density at radius 3 is 2.50 bits per heavy atom. The lowest BCUT2D eigenvalue weighted by atomic mass is 10.1. The smallest absolute Gasteiger partial charge is 0.326 e. The lowest BCUT2D eigenvalue weighted by molar-refractivity contribution is -0.137. The third-order valence-corrected chi connectivity index (χ3v) is 4.17. The van der Waals surface area contributed by atoms with Gasteiger partial charge in [-0.25, -0.2) is 4.98 Å². The predicted octanol–water partition coefficient (Wildman–Crippen LogP) is 4.73. The maximum Gasteiger partial charge on any atom is 0.416 e. The number of carbonyl (C=O) groups excluding carboxylic acids is 1. The minimum atomic E-state index is -4.48. The summed E-state index contributed by atoms with van der Waals surface area (Å²) >= 11 is 1.54. The number of nitrogens with one attached hydrogen (secondary N) is 1. The number of thiazole rings is 1. The van der Waals surface area contributed by atoms with E-state index in [0.717, 1.165) is 22.8 Å². The van der Waals surface area contributed by atoms with Gasteiger partial charge < -0.3 is 11.1 Å². The minimum absolute atomic E-state index is 0. The Labute approximate surface area is 166 Å². The predicted molar refractivity (Wildman–Crippen MR) is 102 cm³/mol. The van der Waals surface area contributed by atoms with E-state index < -0.39 is 11.7 Å². The molecule has 2 aromatic rings. The first-order valence-corrected chi connectivity index (χ1v) is 8.28. The third kappa shape index (κ3) is 7.49. The van der Waals surface area contributed by atoms with E-state index in [9.17, 15) is 18.0 Å². The van der Waals surface area contributed by atoms with Gasteiger partial charge in [-0.15, -0.1) is 36.2 Å². The van der Waals surface area contributed by atoms with Crippen LogP contribution < -0.4 is 11.1 Å². The van der Waals surface area contributed by atoms with Gasteiger partial charge in [0.05, 0.1) is 16.3 Å². The largest absolute Gasteiger partial charge is 0.416 e. The molecule has 4 nitrogen and oxygen atoms in total. The molecule has 2 rings (SSSR count). The molecule has 0 aliphatic rings. The topological polar surface area (TPSA) is 68.0 Å². The molecule has 0 aliphatic heterocycles. The number of hydrogen-bond donors (Lipinski definition) is 2. The summed E-state index contributed by atoms with van der Waals surface area (Å²) in [4.78, 5) is 16.2. The van der Waals surface area contributed by atoms with Crippen molar-refractivity contribution in [2.75, 3.05) is 5.32 Å². The number of aromatic nitrogens is 1. The molecule has 0 spiro atoms. The first-order valence-electron chi connectivity index (χ1n) is 7.40. The molecule has 1 aromatic carbocycles. The SMILES string of the molecule is Cc1nc(CCCC(=O)Nc2cc(CN)cc(C(F)(F)F)c2)cs1.Cl.Cl. The second-order valence-electron chi connectivity index (χ2n) is 5.38. The second-order valence-corrected chi connectivity index (χ2v) is 6.44. The molecule has 0 fully saturated rings. The van der Waals surface area contributed by atoms with Gasteiger partial charge in [-0.2, -0.15) is 13.2 Å². The molecule has 0 saturated heterocycles. The quantitative estimate of drug-likeness (QED) is 0.696. The third-order valence-electron chi connectivity index (χ3n) is 3.34. The monoisotopic (exact) mass is 429 g/mol. The van der Waals surface area contributed by atoms with Crippen molar-refractivity contribution in [3.63, 3.8) is 0 Å². The first-order chi connectivity index (χ1) is 11.3. The molecule has 10 heteroatoms. The highest BCUT2D eigenvalue weighted by Gasteiger charge is 2.31. The highest BCUT2D eigenvalue weighted by molar-refractivity contribution is 7.09. The standard InChI is InChI=1S/C16H18F3N3OS.2ClH/c1-10-21-13(9-24-10)3-2-4-15(23)22-14-6-11(8-20)5-12(7-14)16(17,18)19;;/h5-7,9H,2-4,8,20H2,1H3,(H,22,23);2*1H. The number of benzene rings is 1. The Kier molecular flexibility index (Phi) is 10.2. The van der Waals surface area contributed by atoms with Crippen molar-refractivity contribution in [3.8, 4) is 0 Å². The van der Waals surface area contributed by atoms with Crippen LogP contribution in [0.25, 0.3) is 0 Å². The fraction of sp³-hybridized carbons (Fsp3) is 0.375. The Hall–Kier alpha value is -1.35. The van der Waals surface area contributed by atoms with E-state index in [1.807, 2.05) is 12.3 Å². The number of amides is 1. The van der Waals surface area contributed by atoms with Crippen LogP contribution in [0.15, 0.2) is 23.6 Å². The first kappa shape index (κ1) is 24.7. The number of alkyl halides is 3. The fourth-order valence-electron chi connectivity index (χ4n) is 2.22. The van der Waals surface area contributed by atoms with Crippen LogP contribution in [0.2, 0.25) is 0 Å². The van der Waals surface area contributed by atoms with E-state index in [0.29, 0.717) is 18.4 Å². The van der Waals surface area contributed by atoms with Crippen molar-refractivity contribution >= 4 is 47.7 Å². The Morgan fingerprint density at radius 2 is 1.96 bits per heavy atom. The van der Waals surface area contributed by atoms with Gasteiger partial charge in [-0.05, 0) is 43.5 Å². The van der Waals surface area contributed by atoms with Crippen LogP contribution in [-0.2, 0) is 23.9 Å². The highest BCUT2D eigenvalue weighted by Crippen LogP contribution is 2.32. The molecule has 0 bridgehead atoms. The molecule has 0 atom stereocenters. The Bertz CT molecular complexity index is 723. The maximum atomic E-state index is 12.9. The number of nitrogens with zero attached hydrogens (tertiary/aromatic N) is 1. The number of anilines is 1. The summed E-state index contributed by atoms with van der Waals surface area (Å²) in [6.45, 7) is 1.87. The number of nitrogens with two attached hydrogens (primary N) is 1. The van der Waals surface area contributed by atoms with Crippen LogP contribution >= 0.6 is 36.2 Å². The number of carbonyl (C=O) groups is 1. The summed E-state index contributed by atoms with van der Waals surface area (Å²) in [7, 11) is 0. The van der Waals surface area contributed by atoms with E-state index in [1.165, 1.54) is 6.07 Å². The Morgan fingerprint density at radius 1 is 1.27 bits per heavy atom. The zero-order valence-corrected chi connectivity index (χ0v) is 16.4. The second kappa shape index (κ2) is 10.7. The van der Waals surface area contributed by atoms with Gasteiger partial charge in [-0.1, -0.05) is 0 Å². The maximum absolute atomic E-state index is 12.9. The van der Waals surface area contributed by atoms with Crippen molar-refractivity contribution < 1.29 is 18.0 Å². The van der Waals surface area contributed by atoms with Crippen LogP contribution in [0.1, 0.15) is 34.7 Å². The van der Waals surface area contributed by atoms with Crippen LogP contribution in [0, 0.1) is 6.92 Å². The average Bonchev–Trinajstić information content (AvgIpc) is 2.91. The van der Waals surface area contributed by atoms with E-state index in [4.69, 9.17) is 5.73 Å². The van der Waals surface area contributed by atoms with Crippen LogP contribution in [0.3, 0.4) is 0 Å². The molecule has 0 unspecified atom stereocenters. The summed E-state index contributed by atoms with van der Waals surface area (Å²) in [5, 5.41) is 5.41. The number of aryl methyl sites for hydroxylation is 2. The molecule has 1 heterocycles. The summed E-state index contributed by atoms with van der Waals surface area (Å²) in [6.07, 6.45) is -3.02. The number of hydrogen-bond acceptors (Lipinski definition) is 4. The van der Waals surface area contributed by atoms with Crippen LogP contribution in [0.5, 0.6) is 0 Å².